The zero-order chi connectivity index (χ0) is 79.9. The predicted molar refractivity (Wildman–Crippen MR) is 456 cm³/mol. The Morgan fingerprint density at radius 3 is 1.07 bits per heavy atom. The zero-order valence-corrected chi connectivity index (χ0v) is 71.3. The highest BCUT2D eigenvalue weighted by atomic mass is 32.1. The van der Waals surface area contributed by atoms with E-state index in [-0.39, 0.29) is 35.8 Å². The maximum absolute atomic E-state index is 14.7. The quantitative estimate of drug-likeness (QED) is 0.0393. The van der Waals surface area contributed by atoms with E-state index in [4.69, 9.17) is 18.9 Å². The molecule has 0 unspecified atom stereocenters. The Morgan fingerprint density at radius 1 is 0.398 bits per heavy atom. The highest BCUT2D eigenvalue weighted by molar-refractivity contribution is 7.18. The second-order valence-electron chi connectivity index (χ2n) is 32.6. The van der Waals surface area contributed by atoms with Crippen LogP contribution in [0.15, 0.2) is 72.8 Å². The maximum Gasteiger partial charge on any atom is 0.341 e. The van der Waals surface area contributed by atoms with Gasteiger partial charge in [-0.3, -0.25) is 16.0 Å². The number of amides is 6. The number of anilines is 3. The first-order valence-corrected chi connectivity index (χ1v) is 44.7. The largest absolute Gasteiger partial charge is 0.497 e. The number of nitrogens with zero attached hydrogens (tertiary/aromatic N) is 1. The number of hydrogen-bond acceptors (Lipinski definition) is 17. The Balaban J connectivity index is 0.000000148. The van der Waals surface area contributed by atoms with Gasteiger partial charge in [0.2, 0.25) is 0 Å². The van der Waals surface area contributed by atoms with E-state index in [0.717, 1.165) is 194 Å². The molecule has 596 valence electrons. The smallest absolute Gasteiger partial charge is 0.341 e. The molecule has 0 saturated carbocycles. The Kier molecular flexibility index (Phi) is 26.2. The Labute approximate surface area is 686 Å². The number of methoxy groups -OCH3 is 1. The van der Waals surface area contributed by atoms with Crippen LogP contribution in [0.25, 0.3) is 31.3 Å². The Bertz CT molecular complexity index is 5100. The molecule has 6 aliphatic carbocycles. The van der Waals surface area contributed by atoms with E-state index < -0.39 is 22.8 Å². The second-order valence-corrected chi connectivity index (χ2v) is 39.3. The topological polar surface area (TPSA) is 235 Å². The van der Waals surface area contributed by atoms with Crippen LogP contribution < -0.4 is 36.6 Å². The maximum atomic E-state index is 14.7. The van der Waals surface area contributed by atoms with Crippen molar-refractivity contribution >= 4 is 119 Å². The van der Waals surface area contributed by atoms with Crippen LogP contribution in [0.4, 0.5) is 33.8 Å². The highest BCUT2D eigenvalue weighted by Gasteiger charge is 2.35. The minimum atomic E-state index is -0.624. The van der Waals surface area contributed by atoms with Crippen molar-refractivity contribution in [2.45, 2.75) is 253 Å². The fourth-order valence-electron chi connectivity index (χ4n) is 15.8. The van der Waals surface area contributed by atoms with Crippen molar-refractivity contribution in [1.82, 2.24) is 16.0 Å². The molecule has 17 nitrogen and oxygen atoms in total. The van der Waals surface area contributed by atoms with Gasteiger partial charge in [0.05, 0.1) is 35.4 Å². The first-order chi connectivity index (χ1) is 54.2. The normalized spacial score (nSPS) is 14.8. The summed E-state index contributed by atoms with van der Waals surface area (Å²) >= 11 is 9.73. The average Bonchev–Trinajstić information content (AvgIpc) is 1.67. The van der Waals surface area contributed by atoms with Gasteiger partial charge in [-0.15, -0.1) is 68.0 Å². The molecular formula is C89H102FN7O10S6. The predicted octanol–water partition coefficient (Wildman–Crippen LogP) is 22.6. The van der Waals surface area contributed by atoms with Gasteiger partial charge in [0.15, 0.2) is 0 Å². The number of aryl methyl sites for hydroxylation is 6. The molecule has 0 aliphatic heterocycles. The van der Waals surface area contributed by atoms with Gasteiger partial charge in [0, 0.05) is 69.1 Å². The molecule has 0 atom stereocenters. The van der Waals surface area contributed by atoms with E-state index in [1.54, 1.807) is 41.9 Å². The number of fused-ring (bicyclic) bond motifs is 6. The molecule has 0 radical (unpaired) electrons. The molecule has 6 heterocycles. The summed E-state index contributed by atoms with van der Waals surface area (Å²) in [4.78, 5) is 89.7. The van der Waals surface area contributed by atoms with E-state index in [1.807, 2.05) is 116 Å². The van der Waals surface area contributed by atoms with Crippen molar-refractivity contribution in [3.05, 3.63) is 180 Å². The van der Waals surface area contributed by atoms with Crippen molar-refractivity contribution in [2.24, 2.45) is 0 Å². The van der Waals surface area contributed by atoms with Crippen molar-refractivity contribution in [3.63, 3.8) is 0 Å². The lowest BCUT2D eigenvalue weighted by molar-refractivity contribution is 0.00571. The molecule has 24 heteroatoms. The lowest BCUT2D eigenvalue weighted by Gasteiger charge is -2.21. The van der Waals surface area contributed by atoms with Crippen LogP contribution in [-0.2, 0) is 111 Å². The number of hydrogen-bond donors (Lipinski definition) is 6. The van der Waals surface area contributed by atoms with E-state index in [2.05, 4.69) is 50.1 Å². The van der Waals surface area contributed by atoms with Crippen LogP contribution in [-0.4, -0.2) is 59.9 Å². The summed E-state index contributed by atoms with van der Waals surface area (Å²) in [7, 11) is 1.68. The van der Waals surface area contributed by atoms with Gasteiger partial charge in [-0.2, -0.15) is 5.26 Å². The molecule has 0 spiro atoms. The molecule has 113 heavy (non-hydrogen) atoms. The SMILES string of the molecule is CC(C)(C)OC(=O)c1c(NC(=O)NCc2c(-c3cccc(C#N)c3)sc3c2CCCC3)sc2c1CCCC2.CC(C)(C)OC(=O)c1c(NC(=O)NCc2c(-c3ccccc3F)sc3c2CCCC3)sc2c1CCCC2.COc1cccc(-c2sc3c(c2CNC(=O)Nc2sc4c(c2C(=O)OC(C)(C)C)CCCC4)CCCC3)c1. The summed E-state index contributed by atoms with van der Waals surface area (Å²) in [5, 5.41) is 29.2. The van der Waals surface area contributed by atoms with Crippen molar-refractivity contribution in [1.29, 1.82) is 5.26 Å². The van der Waals surface area contributed by atoms with Crippen LogP contribution in [0.1, 0.15) is 255 Å². The van der Waals surface area contributed by atoms with Crippen LogP contribution in [0, 0.1) is 17.1 Å². The average molecular weight is 1640 g/mol. The van der Waals surface area contributed by atoms with Crippen molar-refractivity contribution in [3.8, 4) is 43.1 Å². The fraction of sp³-hybridized carbons (Fsp3) is 0.449. The van der Waals surface area contributed by atoms with Crippen LogP contribution in [0.5, 0.6) is 5.75 Å². The van der Waals surface area contributed by atoms with Gasteiger partial charge in [-0.1, -0.05) is 42.5 Å². The molecule has 0 saturated heterocycles. The van der Waals surface area contributed by atoms with Crippen molar-refractivity contribution < 1.29 is 52.1 Å². The van der Waals surface area contributed by atoms with E-state index in [0.29, 0.717) is 62.5 Å². The Hall–Kier alpha value is -8.70. The summed E-state index contributed by atoms with van der Waals surface area (Å²) in [6.45, 7) is 17.8. The molecular weight excluding hydrogens is 1540 g/mol. The lowest BCUT2D eigenvalue weighted by Crippen LogP contribution is -2.30. The molecule has 6 N–H and O–H groups in total. The number of halogens is 1. The number of benzene rings is 3. The lowest BCUT2D eigenvalue weighted by atomic mass is 9.93. The third kappa shape index (κ3) is 20.0. The molecule has 6 amide bonds. The minimum absolute atomic E-state index is 0.252. The number of carbonyl (C=O) groups excluding carboxylic acids is 6. The molecule has 15 rings (SSSR count). The van der Waals surface area contributed by atoms with Gasteiger partial charge < -0.3 is 34.9 Å². The van der Waals surface area contributed by atoms with Gasteiger partial charge in [0.1, 0.15) is 43.4 Å². The third-order valence-electron chi connectivity index (χ3n) is 20.8. The Morgan fingerprint density at radius 2 is 0.717 bits per heavy atom. The third-order valence-corrected chi connectivity index (χ3v) is 28.6. The molecule has 9 aromatic rings. The number of rotatable bonds is 16. The first-order valence-electron chi connectivity index (χ1n) is 39.8. The van der Waals surface area contributed by atoms with Gasteiger partial charge >= 0.3 is 36.0 Å². The number of esters is 3. The summed E-state index contributed by atoms with van der Waals surface area (Å²) < 4.78 is 37.3. The van der Waals surface area contributed by atoms with Crippen LogP contribution >= 0.6 is 68.0 Å². The van der Waals surface area contributed by atoms with Gasteiger partial charge in [-0.25, -0.2) is 33.2 Å². The van der Waals surface area contributed by atoms with Crippen LogP contribution in [0.2, 0.25) is 0 Å². The van der Waals surface area contributed by atoms with E-state index in [1.165, 1.54) is 111 Å². The molecule has 6 aliphatic rings. The summed E-state index contributed by atoms with van der Waals surface area (Å²) in [5.74, 6) is -0.561. The van der Waals surface area contributed by atoms with Crippen LogP contribution in [0.3, 0.4) is 0 Å². The monoisotopic (exact) mass is 1640 g/mol. The first kappa shape index (κ1) is 82.3. The second kappa shape index (κ2) is 36.0. The number of carbonyl (C=O) groups is 6. The molecule has 0 bridgehead atoms. The molecule has 0 fully saturated rings. The highest BCUT2D eigenvalue weighted by Crippen LogP contribution is 2.47. The van der Waals surface area contributed by atoms with Gasteiger partial charge in [-0.05, 0) is 308 Å². The summed E-state index contributed by atoms with van der Waals surface area (Å²) in [5.41, 5.74) is 13.4. The number of thiophene rings is 6. The summed E-state index contributed by atoms with van der Waals surface area (Å²) in [6, 6.07) is 23.8. The minimum Gasteiger partial charge on any atom is -0.497 e. The summed E-state index contributed by atoms with van der Waals surface area (Å²) in [6.07, 6.45) is 24.6. The standard InChI is InChI=1S/C30H33N3O3S2.C30H36N2O4S2.C29H33FN2O3S2/c1-30(2,3)36-28(34)25-21-12-5-7-14-24(21)38-27(25)33-29(35)32-17-22-20-11-4-6-13-23(20)37-26(22)19-10-8-9-18(15-19)16-31;1-30(2,3)36-28(33)25-21-13-6-8-15-24(21)38-27(25)32-29(34)31-17-22-20-12-5-7-14-23(20)37-26(22)18-10-9-11-19(16-18)35-4;1-29(2,3)35-27(33)24-19-12-6-9-15-23(19)37-26(24)32-28(34)31-16-20-17-10-5-8-14-22(17)36-25(20)18-11-4-7-13-21(18)30/h8-10,15H,4-7,11-14,17H2,1-3H3,(H2,32,33,35);9-11,16H,5-8,12-15,17H2,1-4H3,(H2,31,32,34);4,7,11,13H,5-6,8-10,12,14-16H2,1-3H3,(H2,31,32,34). The number of ether oxygens (including phenoxy) is 4. The van der Waals surface area contributed by atoms with E-state index >= 15 is 0 Å². The number of nitrogens with one attached hydrogen (secondary N) is 6. The molecule has 6 aromatic heterocycles. The van der Waals surface area contributed by atoms with Gasteiger partial charge in [0.25, 0.3) is 0 Å². The number of nitriles is 1. The molecule has 3 aromatic carbocycles. The van der Waals surface area contributed by atoms with Crippen molar-refractivity contribution in [2.75, 3.05) is 23.1 Å². The van der Waals surface area contributed by atoms with E-state index in [9.17, 15) is 38.4 Å². The zero-order valence-electron chi connectivity index (χ0n) is 66.4. The fourth-order valence-corrected chi connectivity index (χ4v) is 23.9. The number of urea groups is 3.